The van der Waals surface area contributed by atoms with Crippen LogP contribution in [0.2, 0.25) is 0 Å². The van der Waals surface area contributed by atoms with Gasteiger partial charge in [0.2, 0.25) is 0 Å². The zero-order valence-corrected chi connectivity index (χ0v) is 19.8. The molecule has 4 aliphatic rings. The zero-order valence-electron chi connectivity index (χ0n) is 16.2. The molecule has 0 radical (unpaired) electrons. The van der Waals surface area contributed by atoms with Gasteiger partial charge in [-0.3, -0.25) is 9.98 Å². The van der Waals surface area contributed by atoms with Crippen molar-refractivity contribution in [3.63, 3.8) is 0 Å². The fourth-order valence-electron chi connectivity index (χ4n) is 3.43. The summed E-state index contributed by atoms with van der Waals surface area (Å²) >= 11 is 0. The van der Waals surface area contributed by atoms with Gasteiger partial charge in [0.1, 0.15) is 23.5 Å². The first-order chi connectivity index (χ1) is 12.7. The molecule has 0 saturated carbocycles. The predicted molar refractivity (Wildman–Crippen MR) is 106 cm³/mol. The van der Waals surface area contributed by atoms with Crippen LogP contribution in [0, 0.1) is 0 Å². The first kappa shape index (κ1) is 26.3. The maximum atomic E-state index is 4.74. The van der Waals surface area contributed by atoms with Gasteiger partial charge in [0.15, 0.2) is 11.7 Å². The van der Waals surface area contributed by atoms with Gasteiger partial charge in [-0.1, -0.05) is 42.5 Å². The van der Waals surface area contributed by atoms with Gasteiger partial charge in [0.05, 0.1) is 11.4 Å². The molecule has 0 amide bonds. The minimum atomic E-state index is 0. The van der Waals surface area contributed by atoms with Gasteiger partial charge in [-0.2, -0.15) is 0 Å². The molecule has 9 heteroatoms. The number of aromatic nitrogens is 1. The molecule has 1 aromatic heterocycles. The van der Waals surface area contributed by atoms with Gasteiger partial charge in [-0.05, 0) is 37.1 Å². The molecule has 0 aromatic carbocycles. The van der Waals surface area contributed by atoms with Crippen LogP contribution in [0.5, 0.6) is 0 Å². The second-order valence-electron chi connectivity index (χ2n) is 6.67. The van der Waals surface area contributed by atoms with E-state index in [2.05, 4.69) is 38.2 Å². The number of allylic oxidation sites excluding steroid dienone is 4. The van der Waals surface area contributed by atoms with Crippen LogP contribution in [0.4, 0.5) is 0 Å². The van der Waals surface area contributed by atoms with E-state index in [9.17, 15) is 0 Å². The van der Waals surface area contributed by atoms with Crippen LogP contribution in [-0.2, 0) is 18.6 Å². The smallest absolute Gasteiger partial charge is 1.00 e. The Bertz CT molecular complexity index is 999. The van der Waals surface area contributed by atoms with Crippen LogP contribution in [0.1, 0.15) is 25.2 Å². The van der Waals surface area contributed by atoms with E-state index >= 15 is 0 Å². The summed E-state index contributed by atoms with van der Waals surface area (Å²) < 4.78 is 0. The molecule has 0 bridgehead atoms. The van der Waals surface area contributed by atoms with E-state index in [0.29, 0.717) is 11.7 Å². The third-order valence-electron chi connectivity index (χ3n) is 4.83. The van der Waals surface area contributed by atoms with Crippen LogP contribution in [0.25, 0.3) is 0 Å². The fraction of sp³-hybridized carbons (Fsp3) is 0.190. The Kier molecular flexibility index (Phi) is 9.21. The molecule has 2 atom stereocenters. The van der Waals surface area contributed by atoms with Crippen LogP contribution in [-0.4, -0.2) is 40.2 Å². The Labute approximate surface area is 206 Å². The normalized spacial score (nSPS) is 22.2. The van der Waals surface area contributed by atoms with Crippen LogP contribution in [0.3, 0.4) is 0 Å². The Morgan fingerprint density at radius 2 is 1.13 bits per heavy atom. The van der Waals surface area contributed by atoms with Crippen LogP contribution in [0.15, 0.2) is 85.8 Å². The molecule has 5 nitrogen and oxygen atoms in total. The van der Waals surface area contributed by atoms with Crippen molar-refractivity contribution in [1.82, 2.24) is 4.98 Å². The standard InChI is InChI=1S/C21H17N5.3ClH.V/c1-12-6-3-8-14-18(12)25-20(23-14)16-10-5-11-17(22-16)21-24-15-9-4-7-13(2)19(15)26-21;;;;/h3-11,14-15H,1-2H3;3*1H;/q;;;;+3/p-3. The van der Waals surface area contributed by atoms with Gasteiger partial charge in [0, 0.05) is 0 Å². The number of fused-ring (bicyclic) bond motifs is 2. The second kappa shape index (κ2) is 10.5. The number of pyridine rings is 1. The van der Waals surface area contributed by atoms with Crippen molar-refractivity contribution < 1.29 is 55.8 Å². The second-order valence-corrected chi connectivity index (χ2v) is 6.67. The van der Waals surface area contributed by atoms with E-state index in [1.165, 1.54) is 0 Å². The molecular weight excluding hydrogens is 480 g/mol. The molecule has 5 rings (SSSR count). The third kappa shape index (κ3) is 4.61. The SMILES string of the molecule is CC1=CC=CC2N=C(c3cccc(C4=NC5C=CC=C(C)C5=N4)n3)N=C12.[Cl-].[Cl-].[Cl-].[V+3]. The number of rotatable bonds is 2. The number of halogens is 3. The minimum Gasteiger partial charge on any atom is -1.00 e. The summed E-state index contributed by atoms with van der Waals surface area (Å²) in [6, 6.07) is 5.85. The summed E-state index contributed by atoms with van der Waals surface area (Å²) in [6.45, 7) is 4.12. The maximum absolute atomic E-state index is 4.74. The van der Waals surface area contributed by atoms with E-state index in [1.807, 2.05) is 30.4 Å². The Hall–Kier alpha value is -1.76. The molecule has 2 aliphatic heterocycles. The molecule has 30 heavy (non-hydrogen) atoms. The number of amidine groups is 2. The average molecular weight is 497 g/mol. The monoisotopic (exact) mass is 495 g/mol. The van der Waals surface area contributed by atoms with Crippen molar-refractivity contribution in [3.8, 4) is 0 Å². The first-order valence-electron chi connectivity index (χ1n) is 8.70. The van der Waals surface area contributed by atoms with Gasteiger partial charge in [0.25, 0.3) is 0 Å². The summed E-state index contributed by atoms with van der Waals surface area (Å²) in [5, 5.41) is 0. The molecule has 0 fully saturated rings. The van der Waals surface area contributed by atoms with Crippen LogP contribution < -0.4 is 37.2 Å². The van der Waals surface area contributed by atoms with Crippen molar-refractivity contribution in [3.05, 3.63) is 77.2 Å². The summed E-state index contributed by atoms with van der Waals surface area (Å²) in [4.78, 5) is 23.6. The topological polar surface area (TPSA) is 62.3 Å². The molecule has 0 N–H and O–H groups in total. The molecule has 152 valence electrons. The molecule has 3 heterocycles. The van der Waals surface area contributed by atoms with Gasteiger partial charge >= 0.3 is 18.6 Å². The Morgan fingerprint density at radius 3 is 1.53 bits per heavy atom. The van der Waals surface area contributed by atoms with Gasteiger partial charge in [-0.25, -0.2) is 15.0 Å². The van der Waals surface area contributed by atoms with E-state index < -0.39 is 0 Å². The van der Waals surface area contributed by atoms with E-state index in [1.54, 1.807) is 0 Å². The van der Waals surface area contributed by atoms with Crippen molar-refractivity contribution in [2.24, 2.45) is 20.0 Å². The van der Waals surface area contributed by atoms with E-state index in [4.69, 9.17) is 25.0 Å². The van der Waals surface area contributed by atoms with E-state index in [0.717, 1.165) is 34.0 Å². The number of hydrogen-bond donors (Lipinski definition) is 0. The molecular formula is C21H17Cl3N5V. The van der Waals surface area contributed by atoms with Crippen LogP contribution >= 0.6 is 0 Å². The van der Waals surface area contributed by atoms with E-state index in [-0.39, 0.29) is 67.9 Å². The maximum Gasteiger partial charge on any atom is 3.00 e. The molecule has 2 aliphatic carbocycles. The number of aliphatic imine (C=N–C) groups is 4. The first-order valence-corrected chi connectivity index (χ1v) is 8.70. The Morgan fingerprint density at radius 1 is 0.700 bits per heavy atom. The molecule has 2 unspecified atom stereocenters. The average Bonchev–Trinajstić information content (AvgIpc) is 3.28. The fourth-order valence-corrected chi connectivity index (χ4v) is 3.43. The Balaban J connectivity index is 0.00000112. The quantitative estimate of drug-likeness (QED) is 0.403. The summed E-state index contributed by atoms with van der Waals surface area (Å²) in [6.07, 6.45) is 12.3. The number of nitrogens with zero attached hydrogens (tertiary/aromatic N) is 5. The number of hydrogen-bond acceptors (Lipinski definition) is 5. The summed E-state index contributed by atoms with van der Waals surface area (Å²) in [5.74, 6) is 1.34. The van der Waals surface area contributed by atoms with Gasteiger partial charge in [-0.15, -0.1) is 0 Å². The zero-order chi connectivity index (χ0) is 17.7. The molecule has 0 spiro atoms. The molecule has 0 saturated heterocycles. The molecule has 1 aromatic rings. The van der Waals surface area contributed by atoms with Crippen molar-refractivity contribution in [1.29, 1.82) is 0 Å². The largest absolute Gasteiger partial charge is 3.00 e. The van der Waals surface area contributed by atoms with Crippen molar-refractivity contribution >= 4 is 23.1 Å². The minimum absolute atomic E-state index is 0. The predicted octanol–water partition coefficient (Wildman–Crippen LogP) is -5.74. The summed E-state index contributed by atoms with van der Waals surface area (Å²) in [7, 11) is 0. The van der Waals surface area contributed by atoms with Gasteiger partial charge < -0.3 is 37.2 Å². The summed E-state index contributed by atoms with van der Waals surface area (Å²) in [5.41, 5.74) is 5.82. The third-order valence-corrected chi connectivity index (χ3v) is 4.83. The van der Waals surface area contributed by atoms with Crippen molar-refractivity contribution in [2.75, 3.05) is 0 Å². The van der Waals surface area contributed by atoms with Crippen molar-refractivity contribution in [2.45, 2.75) is 25.9 Å².